The van der Waals surface area contributed by atoms with Gasteiger partial charge in [-0.1, -0.05) is 24.6 Å². The summed E-state index contributed by atoms with van der Waals surface area (Å²) >= 11 is 6.43. The monoisotopic (exact) mass is 304 g/mol. The van der Waals surface area contributed by atoms with E-state index in [0.717, 1.165) is 43.8 Å². The molecule has 2 heterocycles. The number of anilines is 1. The molecule has 1 unspecified atom stereocenters. The van der Waals surface area contributed by atoms with Crippen molar-refractivity contribution in [3.63, 3.8) is 0 Å². The van der Waals surface area contributed by atoms with E-state index in [-0.39, 0.29) is 11.3 Å². The molecule has 0 aromatic heterocycles. The first-order valence-electron chi connectivity index (χ1n) is 7.95. The number of halogens is 1. The topological polar surface area (TPSA) is 41.1 Å². The Balaban J connectivity index is 1.66. The smallest absolute Gasteiger partial charge is 0.230 e. The zero-order valence-corrected chi connectivity index (χ0v) is 13.1. The van der Waals surface area contributed by atoms with Crippen LogP contribution in [0.4, 0.5) is 5.69 Å². The number of rotatable bonds is 1. The highest BCUT2D eigenvalue weighted by molar-refractivity contribution is 6.34. The summed E-state index contributed by atoms with van der Waals surface area (Å²) in [7, 11) is 0. The van der Waals surface area contributed by atoms with Crippen LogP contribution in [0.5, 0.6) is 0 Å². The van der Waals surface area contributed by atoms with E-state index in [4.69, 9.17) is 11.6 Å². The summed E-state index contributed by atoms with van der Waals surface area (Å²) in [6.07, 6.45) is 5.30. The molecule has 1 aliphatic carbocycles. The van der Waals surface area contributed by atoms with Gasteiger partial charge in [0.05, 0.1) is 16.1 Å². The molecule has 2 atom stereocenters. The van der Waals surface area contributed by atoms with Gasteiger partial charge in [0, 0.05) is 6.04 Å². The van der Waals surface area contributed by atoms with Crippen molar-refractivity contribution >= 4 is 23.2 Å². The SMILES string of the molecule is C[C@H]1CCC(c2cc(Cl)c3c(c2)CC2(CC2)C(=O)N3)NC1. The Morgan fingerprint density at radius 2 is 2.10 bits per heavy atom. The molecule has 0 bridgehead atoms. The number of carbonyl (C=O) groups excluding carboxylic acids is 1. The molecular formula is C17H21ClN2O. The maximum atomic E-state index is 12.1. The Labute approximate surface area is 130 Å². The minimum atomic E-state index is -0.122. The lowest BCUT2D eigenvalue weighted by atomic mass is 9.86. The van der Waals surface area contributed by atoms with E-state index >= 15 is 0 Å². The largest absolute Gasteiger partial charge is 0.324 e. The number of hydrogen-bond acceptors (Lipinski definition) is 2. The highest BCUT2D eigenvalue weighted by Gasteiger charge is 2.52. The van der Waals surface area contributed by atoms with Crippen molar-refractivity contribution in [3.8, 4) is 0 Å². The van der Waals surface area contributed by atoms with E-state index in [1.54, 1.807) is 0 Å². The molecule has 1 spiro atoms. The molecule has 1 amide bonds. The molecule has 1 aromatic rings. The maximum absolute atomic E-state index is 12.1. The standard InChI is InChI=1S/C17H21ClN2O/c1-10-2-3-14(19-9-10)11-6-12-8-17(4-5-17)16(21)20-15(12)13(18)7-11/h6-7,10,14,19H,2-5,8-9H2,1H3,(H,20,21)/t10-,14?/m0/s1. The van der Waals surface area contributed by atoms with Crippen molar-refractivity contribution in [2.24, 2.45) is 11.3 Å². The fraction of sp³-hybridized carbons (Fsp3) is 0.588. The first kappa shape index (κ1) is 13.6. The van der Waals surface area contributed by atoms with Crippen molar-refractivity contribution in [3.05, 3.63) is 28.3 Å². The average Bonchev–Trinajstić information content (AvgIpc) is 3.22. The van der Waals surface area contributed by atoms with Crippen LogP contribution in [0, 0.1) is 11.3 Å². The molecule has 2 N–H and O–H groups in total. The quantitative estimate of drug-likeness (QED) is 0.831. The fourth-order valence-corrected chi connectivity index (χ4v) is 3.99. The number of benzene rings is 1. The Bertz CT molecular complexity index is 601. The highest BCUT2D eigenvalue weighted by Crippen LogP contribution is 2.53. The van der Waals surface area contributed by atoms with Crippen LogP contribution in [-0.4, -0.2) is 12.5 Å². The van der Waals surface area contributed by atoms with Crippen LogP contribution < -0.4 is 10.6 Å². The molecule has 1 saturated carbocycles. The van der Waals surface area contributed by atoms with Crippen LogP contribution in [0.15, 0.2) is 12.1 Å². The van der Waals surface area contributed by atoms with Gasteiger partial charge in [-0.2, -0.15) is 0 Å². The average molecular weight is 305 g/mol. The maximum Gasteiger partial charge on any atom is 0.230 e. The van der Waals surface area contributed by atoms with Gasteiger partial charge < -0.3 is 10.6 Å². The second-order valence-corrected chi connectivity index (χ2v) is 7.50. The van der Waals surface area contributed by atoms with Crippen molar-refractivity contribution < 1.29 is 4.79 Å². The first-order chi connectivity index (χ1) is 10.1. The van der Waals surface area contributed by atoms with Crippen LogP contribution in [0.2, 0.25) is 5.02 Å². The fourth-order valence-electron chi connectivity index (χ4n) is 3.70. The Morgan fingerprint density at radius 1 is 1.29 bits per heavy atom. The Morgan fingerprint density at radius 3 is 2.76 bits per heavy atom. The van der Waals surface area contributed by atoms with Crippen molar-refractivity contribution in [1.82, 2.24) is 5.32 Å². The lowest BCUT2D eigenvalue weighted by Crippen LogP contribution is -2.33. The summed E-state index contributed by atoms with van der Waals surface area (Å²) in [5.74, 6) is 0.914. The van der Waals surface area contributed by atoms with E-state index in [9.17, 15) is 4.79 Å². The van der Waals surface area contributed by atoms with E-state index in [1.165, 1.54) is 17.5 Å². The molecular weight excluding hydrogens is 284 g/mol. The normalized spacial score (nSPS) is 29.9. The van der Waals surface area contributed by atoms with Gasteiger partial charge in [0.15, 0.2) is 0 Å². The molecule has 0 radical (unpaired) electrons. The Hall–Kier alpha value is -1.06. The van der Waals surface area contributed by atoms with Gasteiger partial charge in [-0.05, 0) is 61.8 Å². The third kappa shape index (κ3) is 2.27. The summed E-state index contributed by atoms with van der Waals surface area (Å²) in [4.78, 5) is 12.1. The number of amides is 1. The zero-order chi connectivity index (χ0) is 14.6. The first-order valence-corrected chi connectivity index (χ1v) is 8.32. The van der Waals surface area contributed by atoms with Crippen molar-refractivity contribution in [2.45, 2.75) is 45.1 Å². The Kier molecular flexibility index (Phi) is 3.05. The predicted molar refractivity (Wildman–Crippen MR) is 84.6 cm³/mol. The second-order valence-electron chi connectivity index (χ2n) is 7.09. The third-order valence-electron chi connectivity index (χ3n) is 5.36. The predicted octanol–water partition coefficient (Wildman–Crippen LogP) is 3.68. The van der Waals surface area contributed by atoms with E-state index in [1.807, 2.05) is 6.07 Å². The van der Waals surface area contributed by atoms with Crippen LogP contribution >= 0.6 is 11.6 Å². The van der Waals surface area contributed by atoms with Crippen LogP contribution in [-0.2, 0) is 11.2 Å². The number of piperidine rings is 1. The van der Waals surface area contributed by atoms with E-state index in [2.05, 4.69) is 23.6 Å². The molecule has 2 fully saturated rings. The molecule has 21 heavy (non-hydrogen) atoms. The number of hydrogen-bond donors (Lipinski definition) is 2. The summed E-state index contributed by atoms with van der Waals surface area (Å²) in [6, 6.07) is 4.69. The highest BCUT2D eigenvalue weighted by atomic mass is 35.5. The summed E-state index contributed by atoms with van der Waals surface area (Å²) in [6.45, 7) is 3.36. The third-order valence-corrected chi connectivity index (χ3v) is 5.66. The molecule has 2 aliphatic heterocycles. The van der Waals surface area contributed by atoms with Gasteiger partial charge in [-0.25, -0.2) is 0 Å². The molecule has 3 nitrogen and oxygen atoms in total. The minimum Gasteiger partial charge on any atom is -0.324 e. The van der Waals surface area contributed by atoms with Gasteiger partial charge in [0.25, 0.3) is 0 Å². The lowest BCUT2D eigenvalue weighted by molar-refractivity contribution is -0.121. The molecule has 4 heteroatoms. The number of nitrogens with one attached hydrogen (secondary N) is 2. The number of carbonyl (C=O) groups is 1. The number of fused-ring (bicyclic) bond motifs is 1. The van der Waals surface area contributed by atoms with Gasteiger partial charge in [0.2, 0.25) is 5.91 Å². The van der Waals surface area contributed by atoms with Gasteiger partial charge in [0.1, 0.15) is 0 Å². The molecule has 3 aliphatic rings. The van der Waals surface area contributed by atoms with Gasteiger partial charge in [-0.15, -0.1) is 0 Å². The van der Waals surface area contributed by atoms with Crippen molar-refractivity contribution in [1.29, 1.82) is 0 Å². The van der Waals surface area contributed by atoms with Crippen LogP contribution in [0.25, 0.3) is 0 Å². The summed E-state index contributed by atoms with van der Waals surface area (Å²) in [5, 5.41) is 7.33. The zero-order valence-electron chi connectivity index (χ0n) is 12.3. The van der Waals surface area contributed by atoms with E-state index in [0.29, 0.717) is 11.1 Å². The second kappa shape index (κ2) is 4.72. The molecule has 1 aromatic carbocycles. The van der Waals surface area contributed by atoms with Crippen molar-refractivity contribution in [2.75, 3.05) is 11.9 Å². The summed E-state index contributed by atoms with van der Waals surface area (Å²) in [5.41, 5.74) is 3.21. The summed E-state index contributed by atoms with van der Waals surface area (Å²) < 4.78 is 0. The molecule has 1 saturated heterocycles. The van der Waals surface area contributed by atoms with Gasteiger partial charge in [-0.3, -0.25) is 4.79 Å². The van der Waals surface area contributed by atoms with Gasteiger partial charge >= 0.3 is 0 Å². The van der Waals surface area contributed by atoms with E-state index < -0.39 is 0 Å². The van der Waals surface area contributed by atoms with Crippen LogP contribution in [0.1, 0.15) is 49.8 Å². The molecule has 112 valence electrons. The minimum absolute atomic E-state index is 0.122. The lowest BCUT2D eigenvalue weighted by Gasteiger charge is -2.31. The van der Waals surface area contributed by atoms with Crippen LogP contribution in [0.3, 0.4) is 0 Å². The molecule has 4 rings (SSSR count).